The van der Waals surface area contributed by atoms with E-state index in [9.17, 15) is 5.11 Å². The van der Waals surface area contributed by atoms with Crippen molar-refractivity contribution in [2.75, 3.05) is 13.6 Å². The fraction of sp³-hybridized carbons (Fsp3) is 0.500. The Morgan fingerprint density at radius 2 is 2.43 bits per heavy atom. The minimum Gasteiger partial charge on any atom is -0.387 e. The van der Waals surface area contributed by atoms with Crippen LogP contribution in [0, 0.1) is 0 Å². The highest BCUT2D eigenvalue weighted by atomic mass is 16.3. The second kappa shape index (κ2) is 5.70. The van der Waals surface area contributed by atoms with Crippen LogP contribution in [-0.2, 0) is 0 Å². The van der Waals surface area contributed by atoms with E-state index in [1.165, 1.54) is 0 Å². The smallest absolute Gasteiger partial charge is 0.0958 e. The van der Waals surface area contributed by atoms with Crippen LogP contribution in [0.5, 0.6) is 0 Å². The number of aliphatic hydroxyl groups is 1. The summed E-state index contributed by atoms with van der Waals surface area (Å²) in [6.07, 6.45) is 3.56. The predicted octanol–water partition coefficient (Wildman–Crippen LogP) is 0.0518. The Balaban J connectivity index is 2.67. The first-order valence-electron chi connectivity index (χ1n) is 4.75. The molecular weight excluding hydrogens is 178 g/mol. The molecule has 2 unspecified atom stereocenters. The molecule has 0 spiro atoms. The van der Waals surface area contributed by atoms with Crippen molar-refractivity contribution in [2.45, 2.75) is 18.6 Å². The van der Waals surface area contributed by atoms with E-state index in [1.54, 1.807) is 12.4 Å². The number of aromatic nitrogens is 1. The monoisotopic (exact) mass is 195 g/mol. The van der Waals surface area contributed by atoms with Crippen molar-refractivity contribution < 1.29 is 5.11 Å². The Hall–Kier alpha value is -0.970. The largest absolute Gasteiger partial charge is 0.387 e. The standard InChI is InChI=1S/C10H17N3O/c1-12-9(4-5-11)10(14)8-3-2-6-13-7-8/h2-3,6-7,9-10,12,14H,4-5,11H2,1H3. The SMILES string of the molecule is CNC(CCN)C(O)c1cccnc1. The lowest BCUT2D eigenvalue weighted by Gasteiger charge is -2.21. The summed E-state index contributed by atoms with van der Waals surface area (Å²) in [5.74, 6) is 0. The van der Waals surface area contributed by atoms with Crippen LogP contribution in [0.25, 0.3) is 0 Å². The normalized spacial score (nSPS) is 15.1. The number of pyridine rings is 1. The molecule has 0 radical (unpaired) electrons. The zero-order valence-corrected chi connectivity index (χ0v) is 8.35. The van der Waals surface area contributed by atoms with E-state index in [0.717, 1.165) is 12.0 Å². The van der Waals surface area contributed by atoms with Crippen LogP contribution in [0.4, 0.5) is 0 Å². The number of nitrogens with zero attached hydrogens (tertiary/aromatic N) is 1. The third-order valence-corrected chi connectivity index (χ3v) is 2.26. The quantitative estimate of drug-likeness (QED) is 0.621. The van der Waals surface area contributed by atoms with Gasteiger partial charge in [-0.2, -0.15) is 0 Å². The first-order chi connectivity index (χ1) is 6.79. The van der Waals surface area contributed by atoms with Crippen molar-refractivity contribution in [3.63, 3.8) is 0 Å². The highest BCUT2D eigenvalue weighted by Gasteiger charge is 2.18. The fourth-order valence-electron chi connectivity index (χ4n) is 1.42. The van der Waals surface area contributed by atoms with Gasteiger partial charge in [-0.05, 0) is 26.1 Å². The molecular formula is C10H17N3O. The number of nitrogens with two attached hydrogens (primary N) is 1. The van der Waals surface area contributed by atoms with Crippen molar-refractivity contribution in [1.82, 2.24) is 10.3 Å². The molecule has 14 heavy (non-hydrogen) atoms. The summed E-state index contributed by atoms with van der Waals surface area (Å²) < 4.78 is 0. The molecule has 1 rings (SSSR count). The number of hydrogen-bond acceptors (Lipinski definition) is 4. The van der Waals surface area contributed by atoms with Gasteiger partial charge in [0.25, 0.3) is 0 Å². The Morgan fingerprint density at radius 1 is 1.64 bits per heavy atom. The molecule has 0 aliphatic carbocycles. The molecule has 0 saturated heterocycles. The lowest BCUT2D eigenvalue weighted by Crippen LogP contribution is -2.34. The molecule has 1 aromatic heterocycles. The van der Waals surface area contributed by atoms with Gasteiger partial charge >= 0.3 is 0 Å². The molecule has 78 valence electrons. The summed E-state index contributed by atoms with van der Waals surface area (Å²) in [5.41, 5.74) is 6.27. The first kappa shape index (κ1) is 11.1. The molecule has 2 atom stereocenters. The van der Waals surface area contributed by atoms with E-state index in [4.69, 9.17) is 5.73 Å². The van der Waals surface area contributed by atoms with Crippen molar-refractivity contribution in [3.8, 4) is 0 Å². The molecule has 4 heteroatoms. The summed E-state index contributed by atoms with van der Waals surface area (Å²) >= 11 is 0. The summed E-state index contributed by atoms with van der Waals surface area (Å²) in [6.45, 7) is 0.558. The average Bonchev–Trinajstić information content (AvgIpc) is 2.26. The van der Waals surface area contributed by atoms with Gasteiger partial charge in [0.15, 0.2) is 0 Å². The topological polar surface area (TPSA) is 71.2 Å². The lowest BCUT2D eigenvalue weighted by molar-refractivity contribution is 0.128. The Bertz CT molecular complexity index is 253. The zero-order chi connectivity index (χ0) is 10.4. The maximum atomic E-state index is 9.95. The third kappa shape index (κ3) is 2.77. The zero-order valence-electron chi connectivity index (χ0n) is 8.35. The van der Waals surface area contributed by atoms with Gasteiger partial charge in [-0.25, -0.2) is 0 Å². The molecule has 1 aromatic rings. The minimum absolute atomic E-state index is 0.0100. The number of aliphatic hydroxyl groups excluding tert-OH is 1. The Morgan fingerprint density at radius 3 is 2.93 bits per heavy atom. The summed E-state index contributed by atoms with van der Waals surface area (Å²) in [6, 6.07) is 3.66. The van der Waals surface area contributed by atoms with Gasteiger partial charge < -0.3 is 16.2 Å². The first-order valence-corrected chi connectivity index (χ1v) is 4.75. The molecule has 4 N–H and O–H groups in total. The summed E-state index contributed by atoms with van der Waals surface area (Å²) in [4.78, 5) is 3.96. The molecule has 4 nitrogen and oxygen atoms in total. The molecule has 0 amide bonds. The molecule has 0 fully saturated rings. The maximum Gasteiger partial charge on any atom is 0.0958 e. The fourth-order valence-corrected chi connectivity index (χ4v) is 1.42. The second-order valence-corrected chi connectivity index (χ2v) is 3.20. The van der Waals surface area contributed by atoms with E-state index in [2.05, 4.69) is 10.3 Å². The lowest BCUT2D eigenvalue weighted by atomic mass is 10.0. The van der Waals surface area contributed by atoms with Crippen molar-refractivity contribution >= 4 is 0 Å². The highest BCUT2D eigenvalue weighted by Crippen LogP contribution is 2.16. The summed E-state index contributed by atoms with van der Waals surface area (Å²) in [5, 5.41) is 13.0. The van der Waals surface area contributed by atoms with E-state index in [1.807, 2.05) is 19.2 Å². The minimum atomic E-state index is -0.544. The van der Waals surface area contributed by atoms with Gasteiger partial charge in [0, 0.05) is 24.0 Å². The van der Waals surface area contributed by atoms with Crippen LogP contribution in [0.3, 0.4) is 0 Å². The highest BCUT2D eigenvalue weighted by molar-refractivity contribution is 5.13. The van der Waals surface area contributed by atoms with Crippen molar-refractivity contribution in [1.29, 1.82) is 0 Å². The molecule has 1 heterocycles. The Kier molecular flexibility index (Phi) is 4.52. The molecule has 0 aromatic carbocycles. The second-order valence-electron chi connectivity index (χ2n) is 3.20. The van der Waals surface area contributed by atoms with Crippen molar-refractivity contribution in [2.24, 2.45) is 5.73 Å². The van der Waals surface area contributed by atoms with Gasteiger partial charge in [-0.15, -0.1) is 0 Å². The van der Waals surface area contributed by atoms with E-state index in [0.29, 0.717) is 6.54 Å². The van der Waals surface area contributed by atoms with Gasteiger partial charge in [-0.1, -0.05) is 6.07 Å². The van der Waals surface area contributed by atoms with Crippen LogP contribution < -0.4 is 11.1 Å². The van der Waals surface area contributed by atoms with Gasteiger partial charge in [-0.3, -0.25) is 4.98 Å². The van der Waals surface area contributed by atoms with Gasteiger partial charge in [0.05, 0.1) is 6.10 Å². The van der Waals surface area contributed by atoms with E-state index >= 15 is 0 Å². The number of nitrogens with one attached hydrogen (secondary N) is 1. The number of likely N-dealkylation sites (N-methyl/N-ethyl adjacent to an activating group) is 1. The van der Waals surface area contributed by atoms with Gasteiger partial charge in [0.2, 0.25) is 0 Å². The maximum absolute atomic E-state index is 9.95. The van der Waals surface area contributed by atoms with Crippen molar-refractivity contribution in [3.05, 3.63) is 30.1 Å². The Labute approximate surface area is 84.2 Å². The number of hydrogen-bond donors (Lipinski definition) is 3. The van der Waals surface area contributed by atoms with Crippen LogP contribution in [0.2, 0.25) is 0 Å². The molecule has 0 saturated carbocycles. The van der Waals surface area contributed by atoms with Crippen LogP contribution >= 0.6 is 0 Å². The molecule has 0 aliphatic rings. The van der Waals surface area contributed by atoms with Gasteiger partial charge in [0.1, 0.15) is 0 Å². The van der Waals surface area contributed by atoms with Crippen LogP contribution in [-0.4, -0.2) is 29.7 Å². The number of rotatable bonds is 5. The summed E-state index contributed by atoms with van der Waals surface area (Å²) in [7, 11) is 1.82. The van der Waals surface area contributed by atoms with E-state index < -0.39 is 6.10 Å². The molecule has 0 bridgehead atoms. The van der Waals surface area contributed by atoms with Crippen LogP contribution in [0.1, 0.15) is 18.1 Å². The average molecular weight is 195 g/mol. The molecule has 0 aliphatic heterocycles. The third-order valence-electron chi connectivity index (χ3n) is 2.26. The van der Waals surface area contributed by atoms with Crippen LogP contribution in [0.15, 0.2) is 24.5 Å². The predicted molar refractivity (Wildman–Crippen MR) is 55.7 cm³/mol. The van der Waals surface area contributed by atoms with E-state index in [-0.39, 0.29) is 6.04 Å².